The molecule has 2 bridgehead atoms. The highest BCUT2D eigenvalue weighted by Crippen LogP contribution is 2.55. The summed E-state index contributed by atoms with van der Waals surface area (Å²) in [6.07, 6.45) is 6.24. The van der Waals surface area contributed by atoms with Gasteiger partial charge in [0.1, 0.15) is 17.4 Å². The molecule has 1 atom stereocenters. The van der Waals surface area contributed by atoms with Crippen LogP contribution < -0.4 is 4.74 Å². The highest BCUT2D eigenvalue weighted by atomic mass is 16.5. The molecule has 2 fully saturated rings. The van der Waals surface area contributed by atoms with Crippen LogP contribution in [0.5, 0.6) is 5.88 Å². The molecule has 1 aromatic carbocycles. The lowest BCUT2D eigenvalue weighted by atomic mass is 9.66. The largest absolute Gasteiger partial charge is 0.474 e. The van der Waals surface area contributed by atoms with Crippen molar-refractivity contribution in [2.75, 3.05) is 13.2 Å². The molecule has 0 radical (unpaired) electrons. The van der Waals surface area contributed by atoms with E-state index in [0.717, 1.165) is 48.5 Å². The molecule has 6 nitrogen and oxygen atoms in total. The van der Waals surface area contributed by atoms with Crippen LogP contribution in [0.2, 0.25) is 0 Å². The fourth-order valence-corrected chi connectivity index (χ4v) is 5.72. The van der Waals surface area contributed by atoms with Crippen LogP contribution in [0.15, 0.2) is 60.8 Å². The highest BCUT2D eigenvalue weighted by molar-refractivity contribution is 5.77. The third kappa shape index (κ3) is 3.23. The summed E-state index contributed by atoms with van der Waals surface area (Å²) in [5, 5.41) is 0. The fraction of sp³-hybridized carbons (Fsp3) is 0.370. The SMILES string of the molecule is c1ccc(C2C3CC(C3)c3nc4ccc(-c5ccnc(OC6CCOCC6)c5)nc4n32)cc1. The Morgan fingerprint density at radius 2 is 1.79 bits per heavy atom. The molecule has 4 aromatic rings. The Morgan fingerprint density at radius 3 is 2.64 bits per heavy atom. The average Bonchev–Trinajstić information content (AvgIpc) is 3.23. The second-order valence-electron chi connectivity index (χ2n) is 9.48. The third-order valence-corrected chi connectivity index (χ3v) is 7.46. The molecule has 1 aliphatic carbocycles. The van der Waals surface area contributed by atoms with E-state index < -0.39 is 0 Å². The zero-order valence-electron chi connectivity index (χ0n) is 18.4. The van der Waals surface area contributed by atoms with Crippen LogP contribution in [0.25, 0.3) is 22.4 Å². The molecule has 1 unspecified atom stereocenters. The molecule has 1 saturated carbocycles. The van der Waals surface area contributed by atoms with Gasteiger partial charge in [-0.3, -0.25) is 0 Å². The van der Waals surface area contributed by atoms with Crippen LogP contribution in [0.1, 0.15) is 49.0 Å². The van der Waals surface area contributed by atoms with Gasteiger partial charge in [-0.15, -0.1) is 0 Å². The molecule has 6 heterocycles. The van der Waals surface area contributed by atoms with Gasteiger partial charge in [-0.05, 0) is 42.5 Å². The summed E-state index contributed by atoms with van der Waals surface area (Å²) < 4.78 is 14.0. The van der Waals surface area contributed by atoms with Gasteiger partial charge in [0.2, 0.25) is 5.88 Å². The van der Waals surface area contributed by atoms with Crippen LogP contribution >= 0.6 is 0 Å². The van der Waals surface area contributed by atoms with Crippen LogP contribution in [0, 0.1) is 5.92 Å². The minimum Gasteiger partial charge on any atom is -0.474 e. The standard InChI is InChI=1S/C27H26N4O2/c1-2-4-17(5-3-1)25-19-14-20(15-19)26-30-23-7-6-22(29-27(23)31(25)26)18-8-11-28-24(16-18)33-21-9-12-32-13-10-21/h1-8,11,16,19-21,25H,9-10,12-15H2. The number of benzene rings is 1. The van der Waals surface area contributed by atoms with Crippen molar-refractivity contribution in [1.29, 1.82) is 0 Å². The van der Waals surface area contributed by atoms with E-state index in [2.05, 4.69) is 52.0 Å². The maximum atomic E-state index is 6.14. The fourth-order valence-electron chi connectivity index (χ4n) is 5.72. The van der Waals surface area contributed by atoms with Crippen molar-refractivity contribution in [2.45, 2.75) is 43.7 Å². The number of rotatable bonds is 4. The lowest BCUT2D eigenvalue weighted by Crippen LogP contribution is -2.39. The zero-order chi connectivity index (χ0) is 21.8. The van der Waals surface area contributed by atoms with Crippen molar-refractivity contribution in [3.8, 4) is 17.1 Å². The van der Waals surface area contributed by atoms with E-state index in [9.17, 15) is 0 Å². The lowest BCUT2D eigenvalue weighted by Gasteiger charge is -2.47. The van der Waals surface area contributed by atoms with E-state index in [4.69, 9.17) is 19.4 Å². The number of nitrogens with zero attached hydrogens (tertiary/aromatic N) is 4. The summed E-state index contributed by atoms with van der Waals surface area (Å²) in [6, 6.07) is 19.3. The Balaban J connectivity index is 1.28. The summed E-state index contributed by atoms with van der Waals surface area (Å²) >= 11 is 0. The Bertz CT molecular complexity index is 1310. The van der Waals surface area contributed by atoms with Crippen LogP contribution in [0.3, 0.4) is 0 Å². The van der Waals surface area contributed by atoms with Gasteiger partial charge in [-0.25, -0.2) is 15.0 Å². The van der Waals surface area contributed by atoms with Crippen molar-refractivity contribution in [2.24, 2.45) is 5.92 Å². The van der Waals surface area contributed by atoms with Crippen molar-refractivity contribution >= 4 is 11.2 Å². The molecule has 4 aliphatic rings. The number of aromatic nitrogens is 4. The second-order valence-corrected chi connectivity index (χ2v) is 9.48. The van der Waals surface area contributed by atoms with E-state index in [1.54, 1.807) is 0 Å². The van der Waals surface area contributed by atoms with Gasteiger partial charge < -0.3 is 14.0 Å². The van der Waals surface area contributed by atoms with Crippen molar-refractivity contribution < 1.29 is 9.47 Å². The van der Waals surface area contributed by atoms with E-state index >= 15 is 0 Å². The van der Waals surface area contributed by atoms with Gasteiger partial charge in [-0.2, -0.15) is 0 Å². The predicted molar refractivity (Wildman–Crippen MR) is 125 cm³/mol. The number of fused-ring (bicyclic) bond motifs is 1. The smallest absolute Gasteiger partial charge is 0.214 e. The second kappa shape index (κ2) is 7.66. The molecule has 3 aliphatic heterocycles. The Kier molecular flexibility index (Phi) is 4.47. The van der Waals surface area contributed by atoms with Crippen molar-refractivity contribution in [3.63, 3.8) is 0 Å². The monoisotopic (exact) mass is 438 g/mol. The Morgan fingerprint density at radius 1 is 0.939 bits per heavy atom. The van der Waals surface area contributed by atoms with Gasteiger partial charge >= 0.3 is 0 Å². The van der Waals surface area contributed by atoms with Gasteiger partial charge in [0.05, 0.1) is 24.9 Å². The molecule has 8 rings (SSSR count). The number of hydrogen-bond acceptors (Lipinski definition) is 5. The molecule has 6 heteroatoms. The summed E-state index contributed by atoms with van der Waals surface area (Å²) in [6.45, 7) is 1.50. The highest BCUT2D eigenvalue weighted by Gasteiger charge is 2.46. The third-order valence-electron chi connectivity index (χ3n) is 7.46. The molecular formula is C27H26N4O2. The quantitative estimate of drug-likeness (QED) is 0.441. The maximum Gasteiger partial charge on any atom is 0.214 e. The van der Waals surface area contributed by atoms with E-state index in [0.29, 0.717) is 23.8 Å². The number of hydrogen-bond donors (Lipinski definition) is 0. The molecule has 3 aromatic heterocycles. The Labute approximate surface area is 192 Å². The van der Waals surface area contributed by atoms with Gasteiger partial charge in [0, 0.05) is 36.6 Å². The molecule has 1 saturated heterocycles. The summed E-state index contributed by atoms with van der Waals surface area (Å²) in [7, 11) is 0. The van der Waals surface area contributed by atoms with Gasteiger partial charge in [0.15, 0.2) is 5.65 Å². The number of ether oxygens (including phenoxy) is 2. The molecule has 0 N–H and O–H groups in total. The van der Waals surface area contributed by atoms with Gasteiger partial charge in [-0.1, -0.05) is 30.3 Å². The first kappa shape index (κ1) is 19.2. The van der Waals surface area contributed by atoms with Crippen LogP contribution in [-0.2, 0) is 4.74 Å². The molecule has 33 heavy (non-hydrogen) atoms. The zero-order valence-corrected chi connectivity index (χ0v) is 18.4. The molecule has 0 amide bonds. The topological polar surface area (TPSA) is 62.1 Å². The van der Waals surface area contributed by atoms with Crippen LogP contribution in [0.4, 0.5) is 0 Å². The van der Waals surface area contributed by atoms with Crippen LogP contribution in [-0.4, -0.2) is 38.8 Å². The predicted octanol–water partition coefficient (Wildman–Crippen LogP) is 5.15. The van der Waals surface area contributed by atoms with Crippen molar-refractivity contribution in [3.05, 3.63) is 72.2 Å². The number of imidazole rings is 1. The first-order valence-corrected chi connectivity index (χ1v) is 12.0. The molecule has 0 spiro atoms. The minimum absolute atomic E-state index is 0.164. The van der Waals surface area contributed by atoms with E-state index in [1.165, 1.54) is 24.2 Å². The summed E-state index contributed by atoms with van der Waals surface area (Å²) in [5.74, 6) is 3.07. The molecule has 166 valence electrons. The van der Waals surface area contributed by atoms with Gasteiger partial charge in [0.25, 0.3) is 0 Å². The Hall–Kier alpha value is -3.25. The molecular weight excluding hydrogens is 412 g/mol. The first-order valence-electron chi connectivity index (χ1n) is 12.0. The maximum absolute atomic E-state index is 6.14. The lowest BCUT2D eigenvalue weighted by molar-refractivity contribution is 0.0237. The van der Waals surface area contributed by atoms with Crippen molar-refractivity contribution in [1.82, 2.24) is 19.5 Å². The summed E-state index contributed by atoms with van der Waals surface area (Å²) in [5.41, 5.74) is 5.26. The normalized spacial score (nSPS) is 24.3. The average molecular weight is 439 g/mol. The van der Waals surface area contributed by atoms with E-state index in [1.807, 2.05) is 18.3 Å². The minimum atomic E-state index is 0.164. The number of pyridine rings is 2. The summed E-state index contributed by atoms with van der Waals surface area (Å²) in [4.78, 5) is 14.6. The van der Waals surface area contributed by atoms with E-state index in [-0.39, 0.29) is 6.10 Å². The first-order chi connectivity index (χ1) is 16.3.